The molecule has 0 radical (unpaired) electrons. The first-order valence-corrected chi connectivity index (χ1v) is 10.0. The minimum absolute atomic E-state index is 0.00417. The number of benzene rings is 3. The van der Waals surface area contributed by atoms with E-state index in [1.807, 2.05) is 19.1 Å². The number of aliphatic hydroxyl groups excluding tert-OH is 1. The Kier molecular flexibility index (Phi) is 5.26. The summed E-state index contributed by atoms with van der Waals surface area (Å²) in [5, 5.41) is 11.0. The Bertz CT molecular complexity index is 1150. The molecule has 4 nitrogen and oxygen atoms in total. The van der Waals surface area contributed by atoms with Gasteiger partial charge in [0.1, 0.15) is 11.6 Å². The van der Waals surface area contributed by atoms with Gasteiger partial charge in [-0.15, -0.1) is 0 Å². The smallest absolute Gasteiger partial charge is 0.300 e. The molecule has 6 heteroatoms. The van der Waals surface area contributed by atoms with E-state index in [2.05, 4.69) is 15.9 Å². The molecule has 1 atom stereocenters. The molecule has 0 bridgehead atoms. The summed E-state index contributed by atoms with van der Waals surface area (Å²) in [4.78, 5) is 27.3. The first kappa shape index (κ1) is 20.0. The van der Waals surface area contributed by atoms with Crippen LogP contribution in [-0.2, 0) is 9.59 Å². The number of hydrogen-bond donors (Lipinski definition) is 1. The summed E-state index contributed by atoms with van der Waals surface area (Å²) in [5.74, 6) is -2.26. The van der Waals surface area contributed by atoms with Crippen molar-refractivity contribution in [3.05, 3.63) is 105 Å². The molecule has 1 saturated heterocycles. The van der Waals surface area contributed by atoms with Gasteiger partial charge in [-0.05, 0) is 48.9 Å². The maximum absolute atomic E-state index is 13.4. The Labute approximate surface area is 181 Å². The highest BCUT2D eigenvalue weighted by Gasteiger charge is 2.46. The summed E-state index contributed by atoms with van der Waals surface area (Å²) in [7, 11) is 0. The Hall–Kier alpha value is -3.25. The van der Waals surface area contributed by atoms with Crippen LogP contribution in [-0.4, -0.2) is 16.8 Å². The van der Waals surface area contributed by atoms with E-state index >= 15 is 0 Å². The molecule has 0 unspecified atom stereocenters. The van der Waals surface area contributed by atoms with Crippen LogP contribution in [0, 0.1) is 12.7 Å². The van der Waals surface area contributed by atoms with Crippen LogP contribution in [0.5, 0.6) is 0 Å². The van der Waals surface area contributed by atoms with Gasteiger partial charge in [-0.2, -0.15) is 0 Å². The molecule has 30 heavy (non-hydrogen) atoms. The molecule has 0 saturated carbocycles. The molecule has 0 aromatic heterocycles. The lowest BCUT2D eigenvalue weighted by Gasteiger charge is -2.25. The molecule has 1 aliphatic rings. The molecule has 150 valence electrons. The lowest BCUT2D eigenvalue weighted by atomic mass is 9.95. The first-order valence-electron chi connectivity index (χ1n) is 9.26. The van der Waals surface area contributed by atoms with E-state index in [9.17, 15) is 19.1 Å². The van der Waals surface area contributed by atoms with Crippen LogP contribution in [0.25, 0.3) is 5.76 Å². The van der Waals surface area contributed by atoms with Crippen LogP contribution < -0.4 is 4.90 Å². The van der Waals surface area contributed by atoms with Crippen molar-refractivity contribution in [2.45, 2.75) is 13.0 Å². The molecule has 3 aromatic rings. The number of carbonyl (C=O) groups is 2. The number of ketones is 1. The summed E-state index contributed by atoms with van der Waals surface area (Å²) in [6.45, 7) is 1.92. The lowest BCUT2D eigenvalue weighted by molar-refractivity contribution is -0.132. The normalized spacial score (nSPS) is 18.1. The number of aliphatic hydroxyl groups is 1. The van der Waals surface area contributed by atoms with E-state index in [0.717, 1.165) is 10.0 Å². The van der Waals surface area contributed by atoms with Gasteiger partial charge < -0.3 is 5.11 Å². The minimum Gasteiger partial charge on any atom is -0.507 e. The summed E-state index contributed by atoms with van der Waals surface area (Å²) < 4.78 is 14.3. The van der Waals surface area contributed by atoms with Gasteiger partial charge in [0.2, 0.25) is 0 Å². The largest absolute Gasteiger partial charge is 0.507 e. The molecule has 1 aliphatic heterocycles. The van der Waals surface area contributed by atoms with Crippen LogP contribution in [0.1, 0.15) is 22.7 Å². The second-order valence-corrected chi connectivity index (χ2v) is 7.98. The van der Waals surface area contributed by atoms with E-state index in [-0.39, 0.29) is 11.3 Å². The molecule has 1 heterocycles. The van der Waals surface area contributed by atoms with E-state index < -0.39 is 23.5 Å². The van der Waals surface area contributed by atoms with Crippen molar-refractivity contribution in [3.63, 3.8) is 0 Å². The van der Waals surface area contributed by atoms with Gasteiger partial charge in [-0.3, -0.25) is 14.5 Å². The predicted octanol–water partition coefficient (Wildman–Crippen LogP) is 5.52. The number of hydrogen-bond acceptors (Lipinski definition) is 3. The van der Waals surface area contributed by atoms with E-state index in [4.69, 9.17) is 0 Å². The van der Waals surface area contributed by atoms with Crippen molar-refractivity contribution in [1.82, 2.24) is 0 Å². The van der Waals surface area contributed by atoms with E-state index in [1.54, 1.807) is 36.4 Å². The van der Waals surface area contributed by atoms with Gasteiger partial charge in [0.15, 0.2) is 0 Å². The predicted molar refractivity (Wildman–Crippen MR) is 117 cm³/mol. The van der Waals surface area contributed by atoms with E-state index in [0.29, 0.717) is 16.8 Å². The van der Waals surface area contributed by atoms with Crippen molar-refractivity contribution < 1.29 is 19.1 Å². The molecule has 1 fully saturated rings. The highest BCUT2D eigenvalue weighted by molar-refractivity contribution is 9.10. The third-order valence-electron chi connectivity index (χ3n) is 5.06. The molecule has 1 N–H and O–H groups in total. The van der Waals surface area contributed by atoms with Crippen molar-refractivity contribution in [1.29, 1.82) is 0 Å². The lowest BCUT2D eigenvalue weighted by Crippen LogP contribution is -2.29. The highest BCUT2D eigenvalue weighted by atomic mass is 79.9. The molecule has 3 aromatic carbocycles. The zero-order valence-corrected chi connectivity index (χ0v) is 17.6. The second-order valence-electron chi connectivity index (χ2n) is 7.06. The third-order valence-corrected chi connectivity index (χ3v) is 5.59. The number of carbonyl (C=O) groups excluding carboxylic acids is 2. The Balaban J connectivity index is 1.93. The summed E-state index contributed by atoms with van der Waals surface area (Å²) in [6, 6.07) is 18.7. The SMILES string of the molecule is Cc1ccc(/C(O)=C2\C(=O)C(=O)N(c3ccc(F)cc3)[C@@H]2c2ccc(Br)cc2)cc1. The fraction of sp³-hybridized carbons (Fsp3) is 0.0833. The van der Waals surface area contributed by atoms with E-state index in [1.165, 1.54) is 29.2 Å². The Morgan fingerprint density at radius 1 is 0.933 bits per heavy atom. The monoisotopic (exact) mass is 465 g/mol. The number of amides is 1. The number of anilines is 1. The number of nitrogens with zero attached hydrogens (tertiary/aromatic N) is 1. The molecule has 0 aliphatic carbocycles. The van der Waals surface area contributed by atoms with Crippen molar-refractivity contribution in [2.24, 2.45) is 0 Å². The topological polar surface area (TPSA) is 57.6 Å². The maximum Gasteiger partial charge on any atom is 0.300 e. The first-order chi connectivity index (χ1) is 14.4. The minimum atomic E-state index is -0.843. The number of rotatable bonds is 3. The van der Waals surface area contributed by atoms with Crippen molar-refractivity contribution >= 4 is 39.1 Å². The standard InChI is InChI=1S/C24H17BrFNO3/c1-14-2-4-16(5-3-14)22(28)20-21(15-6-8-17(25)9-7-15)27(24(30)23(20)29)19-12-10-18(26)11-13-19/h2-13,21,28H,1H3/b22-20+/t21-/m1/s1. The van der Waals surface area contributed by atoms with Crippen molar-refractivity contribution in [2.75, 3.05) is 4.90 Å². The van der Waals surface area contributed by atoms with Gasteiger partial charge >= 0.3 is 0 Å². The zero-order chi connectivity index (χ0) is 21.4. The van der Waals surface area contributed by atoms with Crippen LogP contribution in [0.2, 0.25) is 0 Å². The quantitative estimate of drug-likeness (QED) is 0.314. The maximum atomic E-state index is 13.4. The fourth-order valence-electron chi connectivity index (χ4n) is 3.53. The molecule has 4 rings (SSSR count). The fourth-order valence-corrected chi connectivity index (χ4v) is 3.79. The van der Waals surface area contributed by atoms with Crippen molar-refractivity contribution in [3.8, 4) is 0 Å². The summed E-state index contributed by atoms with van der Waals surface area (Å²) >= 11 is 3.38. The molecular weight excluding hydrogens is 449 g/mol. The second kappa shape index (κ2) is 7.88. The third kappa shape index (κ3) is 3.55. The van der Waals surface area contributed by atoms with Gasteiger partial charge in [-0.1, -0.05) is 57.9 Å². The molecular formula is C24H17BrFNO3. The average molecular weight is 466 g/mol. The van der Waals surface area contributed by atoms with Gasteiger partial charge in [0.25, 0.3) is 11.7 Å². The average Bonchev–Trinajstić information content (AvgIpc) is 3.00. The zero-order valence-electron chi connectivity index (χ0n) is 16.0. The van der Waals surface area contributed by atoms with Crippen LogP contribution in [0.4, 0.5) is 10.1 Å². The van der Waals surface area contributed by atoms with Gasteiger partial charge in [0, 0.05) is 15.7 Å². The van der Waals surface area contributed by atoms with Crippen LogP contribution in [0.15, 0.2) is 82.8 Å². The number of Topliss-reactive ketones (excluding diaryl/α,β-unsaturated/α-hetero) is 1. The van der Waals surface area contributed by atoms with Gasteiger partial charge in [-0.25, -0.2) is 4.39 Å². The highest BCUT2D eigenvalue weighted by Crippen LogP contribution is 2.42. The van der Waals surface area contributed by atoms with Crippen LogP contribution >= 0.6 is 15.9 Å². The summed E-state index contributed by atoms with van der Waals surface area (Å²) in [6.07, 6.45) is 0. The summed E-state index contributed by atoms with van der Waals surface area (Å²) in [5.41, 5.74) is 2.46. The number of aryl methyl sites for hydroxylation is 1. The number of halogens is 2. The Morgan fingerprint density at radius 3 is 2.13 bits per heavy atom. The molecule has 1 amide bonds. The Morgan fingerprint density at radius 2 is 1.53 bits per heavy atom. The van der Waals surface area contributed by atoms with Crippen LogP contribution in [0.3, 0.4) is 0 Å². The molecule has 0 spiro atoms. The van der Waals surface area contributed by atoms with Gasteiger partial charge in [0.05, 0.1) is 11.6 Å².